The first-order chi connectivity index (χ1) is 8.13. The summed E-state index contributed by atoms with van der Waals surface area (Å²) >= 11 is 0. The predicted molar refractivity (Wildman–Crippen MR) is 60.7 cm³/mol. The van der Waals surface area contributed by atoms with E-state index in [1.54, 1.807) is 6.92 Å². The lowest BCUT2D eigenvalue weighted by Gasteiger charge is -2.06. The van der Waals surface area contributed by atoms with Crippen LogP contribution in [0.1, 0.15) is 13.2 Å². The summed E-state index contributed by atoms with van der Waals surface area (Å²) in [5.41, 5.74) is 6.81. The smallest absolute Gasteiger partial charge is 0.197 e. The monoisotopic (exact) mass is 237 g/mol. The molecule has 1 atom stereocenters. The Balaban J connectivity index is 2.46. The predicted octanol–water partition coefficient (Wildman–Crippen LogP) is 0.815. The summed E-state index contributed by atoms with van der Waals surface area (Å²) in [6, 6.07) is 0. The first-order valence-electron chi connectivity index (χ1n) is 4.98. The minimum atomic E-state index is -1.44. The highest BCUT2D eigenvalue weighted by atomic mass is 19.1. The second kappa shape index (κ2) is 4.46. The fourth-order valence-corrected chi connectivity index (χ4v) is 1.42. The SMILES string of the molecule is C/C(=C\C(F)n1cnc2c(N)ncnc21)CO. The molecule has 0 saturated heterocycles. The van der Waals surface area contributed by atoms with Crippen LogP contribution in [0.5, 0.6) is 0 Å². The summed E-state index contributed by atoms with van der Waals surface area (Å²) in [6.07, 6.45) is 2.41. The molecule has 2 aromatic rings. The molecular weight excluding hydrogens is 225 g/mol. The number of anilines is 1. The van der Waals surface area contributed by atoms with Gasteiger partial charge in [-0.25, -0.2) is 19.3 Å². The number of hydrogen-bond donors (Lipinski definition) is 2. The first-order valence-corrected chi connectivity index (χ1v) is 4.98. The number of imidazole rings is 1. The van der Waals surface area contributed by atoms with Gasteiger partial charge >= 0.3 is 0 Å². The molecule has 0 amide bonds. The number of allylic oxidation sites excluding steroid dienone is 1. The van der Waals surface area contributed by atoms with Gasteiger partial charge in [-0.15, -0.1) is 0 Å². The van der Waals surface area contributed by atoms with E-state index in [0.717, 1.165) is 0 Å². The van der Waals surface area contributed by atoms with E-state index in [0.29, 0.717) is 16.7 Å². The lowest BCUT2D eigenvalue weighted by Crippen LogP contribution is -2.03. The van der Waals surface area contributed by atoms with E-state index >= 15 is 0 Å². The third-order valence-electron chi connectivity index (χ3n) is 2.32. The number of alkyl halides is 1. The van der Waals surface area contributed by atoms with Gasteiger partial charge in [0.05, 0.1) is 12.9 Å². The molecular formula is C10H12FN5O. The lowest BCUT2D eigenvalue weighted by atomic mass is 10.3. The van der Waals surface area contributed by atoms with E-state index in [4.69, 9.17) is 10.8 Å². The molecule has 0 spiro atoms. The second-order valence-electron chi connectivity index (χ2n) is 3.63. The standard InChI is InChI=1S/C10H12FN5O/c1-6(3-17)2-7(11)16-5-15-8-9(12)13-4-14-10(8)16/h2,4-5,7,17H,3H2,1H3,(H2,12,13,14)/b6-2+. The fraction of sp³-hybridized carbons (Fsp3) is 0.300. The fourth-order valence-electron chi connectivity index (χ4n) is 1.42. The normalized spacial score (nSPS) is 14.2. The summed E-state index contributed by atoms with van der Waals surface area (Å²) in [5, 5.41) is 8.83. The van der Waals surface area contributed by atoms with Crippen molar-refractivity contribution in [2.24, 2.45) is 0 Å². The molecule has 2 heterocycles. The number of aromatic nitrogens is 4. The van der Waals surface area contributed by atoms with Gasteiger partial charge in [-0.1, -0.05) is 0 Å². The van der Waals surface area contributed by atoms with Crippen molar-refractivity contribution < 1.29 is 9.50 Å². The number of nitrogen functional groups attached to an aromatic ring is 1. The van der Waals surface area contributed by atoms with E-state index < -0.39 is 6.30 Å². The molecule has 2 aromatic heterocycles. The van der Waals surface area contributed by atoms with Gasteiger partial charge in [0.2, 0.25) is 0 Å². The van der Waals surface area contributed by atoms with Gasteiger partial charge in [-0.2, -0.15) is 0 Å². The topological polar surface area (TPSA) is 89.9 Å². The summed E-state index contributed by atoms with van der Waals surface area (Å²) in [6.45, 7) is 1.44. The van der Waals surface area contributed by atoms with Gasteiger partial charge in [0, 0.05) is 0 Å². The van der Waals surface area contributed by atoms with Gasteiger partial charge in [-0.3, -0.25) is 4.57 Å². The van der Waals surface area contributed by atoms with Gasteiger partial charge in [0.15, 0.2) is 17.8 Å². The van der Waals surface area contributed by atoms with Crippen LogP contribution in [0.2, 0.25) is 0 Å². The van der Waals surface area contributed by atoms with Crippen molar-refractivity contribution >= 4 is 17.0 Å². The molecule has 0 bridgehead atoms. The molecule has 0 aromatic carbocycles. The van der Waals surface area contributed by atoms with Crippen molar-refractivity contribution in [2.75, 3.05) is 12.3 Å². The highest BCUT2D eigenvalue weighted by molar-refractivity contribution is 5.81. The van der Waals surface area contributed by atoms with E-state index in [2.05, 4.69) is 15.0 Å². The van der Waals surface area contributed by atoms with Crippen molar-refractivity contribution in [1.29, 1.82) is 0 Å². The number of halogens is 1. The number of aliphatic hydroxyl groups excluding tert-OH is 1. The minimum absolute atomic E-state index is 0.190. The molecule has 6 nitrogen and oxygen atoms in total. The Kier molecular flexibility index (Phi) is 3.01. The molecule has 1 unspecified atom stereocenters. The molecule has 0 aliphatic heterocycles. The molecule has 0 radical (unpaired) electrons. The Morgan fingerprint density at radius 3 is 3.06 bits per heavy atom. The molecule has 2 rings (SSSR count). The van der Waals surface area contributed by atoms with Crippen molar-refractivity contribution in [3.05, 3.63) is 24.3 Å². The highest BCUT2D eigenvalue weighted by Gasteiger charge is 2.13. The quantitative estimate of drug-likeness (QED) is 0.771. The van der Waals surface area contributed by atoms with E-state index in [9.17, 15) is 4.39 Å². The van der Waals surface area contributed by atoms with Crippen LogP contribution < -0.4 is 5.73 Å². The number of aliphatic hydroxyl groups is 1. The number of hydrogen-bond acceptors (Lipinski definition) is 5. The van der Waals surface area contributed by atoms with Crippen LogP contribution in [0.4, 0.5) is 10.2 Å². The van der Waals surface area contributed by atoms with Gasteiger partial charge < -0.3 is 10.8 Å². The van der Waals surface area contributed by atoms with Crippen LogP contribution >= 0.6 is 0 Å². The van der Waals surface area contributed by atoms with Crippen molar-refractivity contribution in [1.82, 2.24) is 19.5 Å². The number of nitrogens with two attached hydrogens (primary N) is 1. The molecule has 0 saturated carbocycles. The number of rotatable bonds is 3. The second-order valence-corrected chi connectivity index (χ2v) is 3.63. The van der Waals surface area contributed by atoms with E-state index in [1.165, 1.54) is 23.3 Å². The Labute approximate surface area is 96.6 Å². The van der Waals surface area contributed by atoms with Crippen LogP contribution in [-0.4, -0.2) is 31.2 Å². The summed E-state index contributed by atoms with van der Waals surface area (Å²) in [7, 11) is 0. The molecule has 17 heavy (non-hydrogen) atoms. The zero-order valence-electron chi connectivity index (χ0n) is 9.21. The van der Waals surface area contributed by atoms with E-state index in [-0.39, 0.29) is 12.4 Å². The Bertz CT molecular complexity index is 565. The Morgan fingerprint density at radius 1 is 1.59 bits per heavy atom. The average molecular weight is 237 g/mol. The van der Waals surface area contributed by atoms with E-state index in [1.807, 2.05) is 0 Å². The summed E-state index contributed by atoms with van der Waals surface area (Å²) in [5.74, 6) is 0.212. The van der Waals surface area contributed by atoms with Crippen molar-refractivity contribution in [2.45, 2.75) is 13.2 Å². The maximum Gasteiger partial charge on any atom is 0.197 e. The third-order valence-corrected chi connectivity index (χ3v) is 2.32. The van der Waals surface area contributed by atoms with Crippen LogP contribution in [0.25, 0.3) is 11.2 Å². The number of fused-ring (bicyclic) bond motifs is 1. The molecule has 0 aliphatic carbocycles. The molecule has 0 aliphatic rings. The maximum absolute atomic E-state index is 13.9. The summed E-state index contributed by atoms with van der Waals surface area (Å²) in [4.78, 5) is 11.7. The number of nitrogens with zero attached hydrogens (tertiary/aromatic N) is 4. The highest BCUT2D eigenvalue weighted by Crippen LogP contribution is 2.21. The minimum Gasteiger partial charge on any atom is -0.392 e. The maximum atomic E-state index is 13.9. The van der Waals surface area contributed by atoms with Crippen LogP contribution in [0.3, 0.4) is 0 Å². The molecule has 7 heteroatoms. The zero-order chi connectivity index (χ0) is 12.4. The molecule has 90 valence electrons. The largest absolute Gasteiger partial charge is 0.392 e. The third kappa shape index (κ3) is 2.09. The Morgan fingerprint density at radius 2 is 2.35 bits per heavy atom. The van der Waals surface area contributed by atoms with Crippen LogP contribution in [0.15, 0.2) is 24.3 Å². The van der Waals surface area contributed by atoms with Gasteiger partial charge in [0.25, 0.3) is 0 Å². The lowest BCUT2D eigenvalue weighted by molar-refractivity contribution is 0.298. The molecule has 0 fully saturated rings. The van der Waals surface area contributed by atoms with Gasteiger partial charge in [0.1, 0.15) is 11.8 Å². The van der Waals surface area contributed by atoms with Crippen LogP contribution in [-0.2, 0) is 0 Å². The van der Waals surface area contributed by atoms with Crippen LogP contribution in [0, 0.1) is 0 Å². The van der Waals surface area contributed by atoms with Crippen molar-refractivity contribution in [3.63, 3.8) is 0 Å². The Hall–Kier alpha value is -2.02. The first kappa shape index (κ1) is 11.5. The van der Waals surface area contributed by atoms with Crippen molar-refractivity contribution in [3.8, 4) is 0 Å². The molecule has 3 N–H and O–H groups in total. The van der Waals surface area contributed by atoms with Gasteiger partial charge in [-0.05, 0) is 18.6 Å². The zero-order valence-corrected chi connectivity index (χ0v) is 9.21. The average Bonchev–Trinajstić information content (AvgIpc) is 2.74. The summed E-state index contributed by atoms with van der Waals surface area (Å²) < 4.78 is 15.1.